The lowest BCUT2D eigenvalue weighted by Crippen LogP contribution is -2.36. The summed E-state index contributed by atoms with van der Waals surface area (Å²) in [5.74, 6) is 1.37. The van der Waals surface area contributed by atoms with Gasteiger partial charge in [0.2, 0.25) is 0 Å². The van der Waals surface area contributed by atoms with E-state index in [4.69, 9.17) is 9.47 Å². The molecule has 5 rings (SSSR count). The molecule has 1 aliphatic carbocycles. The van der Waals surface area contributed by atoms with Crippen molar-refractivity contribution in [2.24, 2.45) is 0 Å². The van der Waals surface area contributed by atoms with Gasteiger partial charge in [-0.2, -0.15) is 0 Å². The molecule has 0 radical (unpaired) electrons. The van der Waals surface area contributed by atoms with Crippen molar-refractivity contribution in [2.75, 3.05) is 0 Å². The Bertz CT molecular complexity index is 871. The molecule has 2 fully saturated rings. The minimum Gasteiger partial charge on any atom is -0.457 e. The highest BCUT2D eigenvalue weighted by Crippen LogP contribution is 2.54. The lowest BCUT2D eigenvalue weighted by molar-refractivity contribution is -0.143. The summed E-state index contributed by atoms with van der Waals surface area (Å²) in [6.07, 6.45) is 11.5. The average Bonchev–Trinajstić information content (AvgIpc) is 3.01. The molecule has 2 aromatic rings. The minimum absolute atomic E-state index is 0.150. The van der Waals surface area contributed by atoms with Crippen molar-refractivity contribution >= 4 is 5.97 Å². The first-order chi connectivity index (χ1) is 13.8. The fourth-order valence-electron chi connectivity index (χ4n) is 5.07. The van der Waals surface area contributed by atoms with Gasteiger partial charge in [0.1, 0.15) is 23.0 Å². The molecule has 0 amide bonds. The summed E-state index contributed by atoms with van der Waals surface area (Å²) in [7, 11) is 0. The molecule has 0 N–H and O–H groups in total. The molecular formula is C25H26O3. The molecule has 1 saturated carbocycles. The van der Waals surface area contributed by atoms with E-state index in [0.29, 0.717) is 6.42 Å². The molecule has 3 heteroatoms. The van der Waals surface area contributed by atoms with Gasteiger partial charge in [0.05, 0.1) is 0 Å². The second-order valence-electron chi connectivity index (χ2n) is 8.24. The number of benzene rings is 2. The van der Waals surface area contributed by atoms with Gasteiger partial charge in [-0.3, -0.25) is 4.79 Å². The zero-order chi connectivity index (χ0) is 19.0. The van der Waals surface area contributed by atoms with Crippen LogP contribution in [0.15, 0.2) is 60.2 Å². The second-order valence-corrected chi connectivity index (χ2v) is 8.24. The van der Waals surface area contributed by atoms with Crippen molar-refractivity contribution in [1.82, 2.24) is 0 Å². The molecule has 0 aromatic heterocycles. The van der Waals surface area contributed by atoms with Crippen LogP contribution in [0, 0.1) is 0 Å². The maximum absolute atomic E-state index is 13.3. The summed E-state index contributed by atoms with van der Waals surface area (Å²) in [4.78, 5) is 13.3. The number of cyclic esters (lactones) is 1. The summed E-state index contributed by atoms with van der Waals surface area (Å²) in [6, 6.07) is 15.8. The summed E-state index contributed by atoms with van der Waals surface area (Å²) in [6.45, 7) is 0. The number of carbonyl (C=O) groups excluding carboxylic acids is 1. The fraction of sp³-hybridized carbons (Fsp3) is 0.400. The predicted octanol–water partition coefficient (Wildman–Crippen LogP) is 6.06. The van der Waals surface area contributed by atoms with Crippen LogP contribution < -0.4 is 4.74 Å². The standard InChI is InChI=1S/C25H26O3/c26-24-25(17-19(27-24)16-18-10-4-2-1-3-5-11-18)20-12-6-8-14-22(20)28-23-15-9-7-13-21(23)25/h6-9,12-16,19H,1-5,10-11,17H2/t19-/m1/s1. The highest BCUT2D eigenvalue weighted by molar-refractivity contribution is 5.92. The number of hydrogen-bond acceptors (Lipinski definition) is 3. The maximum atomic E-state index is 13.3. The van der Waals surface area contributed by atoms with E-state index < -0.39 is 5.41 Å². The Kier molecular flexibility index (Phi) is 4.46. The van der Waals surface area contributed by atoms with Gasteiger partial charge < -0.3 is 9.47 Å². The number of allylic oxidation sites excluding steroid dienone is 1. The van der Waals surface area contributed by atoms with Crippen LogP contribution in [0.1, 0.15) is 62.5 Å². The topological polar surface area (TPSA) is 35.5 Å². The number of para-hydroxylation sites is 2. The molecular weight excluding hydrogens is 348 g/mol. The van der Waals surface area contributed by atoms with Gasteiger partial charge in [0.15, 0.2) is 0 Å². The van der Waals surface area contributed by atoms with E-state index in [1.807, 2.05) is 48.5 Å². The van der Waals surface area contributed by atoms with E-state index in [1.54, 1.807) is 0 Å². The molecule has 1 spiro atoms. The van der Waals surface area contributed by atoms with E-state index >= 15 is 0 Å². The van der Waals surface area contributed by atoms with Gasteiger partial charge in [0, 0.05) is 17.5 Å². The van der Waals surface area contributed by atoms with E-state index in [9.17, 15) is 4.79 Å². The first-order valence-electron chi connectivity index (χ1n) is 10.5. The lowest BCUT2D eigenvalue weighted by atomic mass is 9.70. The number of fused-ring (bicyclic) bond motifs is 4. The summed E-state index contributed by atoms with van der Waals surface area (Å²) in [5, 5.41) is 0. The number of esters is 1. The number of ether oxygens (including phenoxy) is 2. The van der Waals surface area contributed by atoms with Gasteiger partial charge in [-0.05, 0) is 43.9 Å². The second kappa shape index (κ2) is 7.12. The van der Waals surface area contributed by atoms with Crippen LogP contribution in [0.3, 0.4) is 0 Å². The maximum Gasteiger partial charge on any atom is 0.322 e. The van der Waals surface area contributed by atoms with E-state index in [0.717, 1.165) is 35.5 Å². The zero-order valence-electron chi connectivity index (χ0n) is 16.2. The highest BCUT2D eigenvalue weighted by atomic mass is 16.6. The van der Waals surface area contributed by atoms with Gasteiger partial charge >= 0.3 is 5.97 Å². The van der Waals surface area contributed by atoms with Crippen LogP contribution in [0.4, 0.5) is 0 Å². The van der Waals surface area contributed by atoms with Crippen LogP contribution in [-0.4, -0.2) is 12.1 Å². The first kappa shape index (κ1) is 17.5. The molecule has 1 saturated heterocycles. The third-order valence-corrected chi connectivity index (χ3v) is 6.45. The molecule has 0 unspecified atom stereocenters. The highest BCUT2D eigenvalue weighted by Gasteiger charge is 2.55. The molecule has 1 atom stereocenters. The quantitative estimate of drug-likeness (QED) is 0.449. The lowest BCUT2D eigenvalue weighted by Gasteiger charge is -2.33. The molecule has 3 aliphatic rings. The van der Waals surface area contributed by atoms with E-state index in [1.165, 1.54) is 37.7 Å². The Morgan fingerprint density at radius 1 is 0.821 bits per heavy atom. The van der Waals surface area contributed by atoms with Crippen LogP contribution >= 0.6 is 0 Å². The Labute approximate surface area is 166 Å². The van der Waals surface area contributed by atoms with Crippen molar-refractivity contribution < 1.29 is 14.3 Å². The summed E-state index contributed by atoms with van der Waals surface area (Å²) < 4.78 is 12.1. The van der Waals surface area contributed by atoms with Gasteiger partial charge in [-0.15, -0.1) is 0 Å². The monoisotopic (exact) mass is 374 g/mol. The Morgan fingerprint density at radius 2 is 1.39 bits per heavy atom. The molecule has 2 heterocycles. The third kappa shape index (κ3) is 2.85. The van der Waals surface area contributed by atoms with Crippen molar-refractivity contribution in [3.05, 3.63) is 71.3 Å². The van der Waals surface area contributed by atoms with Gasteiger partial charge in [-0.25, -0.2) is 0 Å². The average molecular weight is 374 g/mol. The Morgan fingerprint density at radius 3 is 2.04 bits per heavy atom. The number of carbonyl (C=O) groups is 1. The van der Waals surface area contributed by atoms with Crippen LogP contribution in [0.2, 0.25) is 0 Å². The van der Waals surface area contributed by atoms with Crippen LogP contribution in [0.25, 0.3) is 0 Å². The Balaban J connectivity index is 1.54. The Hall–Kier alpha value is -2.55. The van der Waals surface area contributed by atoms with Gasteiger partial charge in [-0.1, -0.05) is 61.2 Å². The van der Waals surface area contributed by atoms with Crippen molar-refractivity contribution in [3.63, 3.8) is 0 Å². The largest absolute Gasteiger partial charge is 0.457 e. The third-order valence-electron chi connectivity index (χ3n) is 6.45. The van der Waals surface area contributed by atoms with Gasteiger partial charge in [0.25, 0.3) is 0 Å². The summed E-state index contributed by atoms with van der Waals surface area (Å²) >= 11 is 0. The zero-order valence-corrected chi connectivity index (χ0v) is 16.2. The molecule has 144 valence electrons. The normalized spacial score (nSPS) is 23.1. The van der Waals surface area contributed by atoms with Crippen LogP contribution in [-0.2, 0) is 14.9 Å². The SMILES string of the molecule is O=C1O[C@H](C=C2CCCCCCC2)CC12c1ccccc1Oc1ccccc12. The van der Waals surface area contributed by atoms with E-state index in [-0.39, 0.29) is 12.1 Å². The van der Waals surface area contributed by atoms with Crippen molar-refractivity contribution in [1.29, 1.82) is 0 Å². The first-order valence-corrected chi connectivity index (χ1v) is 10.5. The van der Waals surface area contributed by atoms with Crippen molar-refractivity contribution in [2.45, 2.75) is 62.9 Å². The molecule has 28 heavy (non-hydrogen) atoms. The minimum atomic E-state index is -0.769. The predicted molar refractivity (Wildman–Crippen MR) is 109 cm³/mol. The number of rotatable bonds is 1. The molecule has 2 aromatic carbocycles. The van der Waals surface area contributed by atoms with Crippen LogP contribution in [0.5, 0.6) is 11.5 Å². The summed E-state index contributed by atoms with van der Waals surface area (Å²) in [5.41, 5.74) is 2.55. The number of hydrogen-bond donors (Lipinski definition) is 0. The molecule has 3 nitrogen and oxygen atoms in total. The fourth-order valence-corrected chi connectivity index (χ4v) is 5.07. The molecule has 0 bridgehead atoms. The van der Waals surface area contributed by atoms with Crippen molar-refractivity contribution in [3.8, 4) is 11.5 Å². The molecule has 2 aliphatic heterocycles. The van der Waals surface area contributed by atoms with E-state index in [2.05, 4.69) is 6.08 Å². The smallest absolute Gasteiger partial charge is 0.322 e.